The van der Waals surface area contributed by atoms with Gasteiger partial charge in [-0.25, -0.2) is 9.97 Å². The van der Waals surface area contributed by atoms with Gasteiger partial charge in [0.05, 0.1) is 17.4 Å². The molecule has 2 aromatic heterocycles. The maximum atomic E-state index is 11.3. The van der Waals surface area contributed by atoms with Crippen molar-refractivity contribution in [2.24, 2.45) is 0 Å². The summed E-state index contributed by atoms with van der Waals surface area (Å²) in [6.07, 6.45) is 1.50. The fourth-order valence-electron chi connectivity index (χ4n) is 3.25. The maximum absolute atomic E-state index is 11.3. The van der Waals surface area contributed by atoms with Crippen LogP contribution in [0.25, 0.3) is 21.3 Å². The number of nitro groups is 1. The topological polar surface area (TPSA) is 90.2 Å². The number of aryl methyl sites for hydroxylation is 2. The smallest absolute Gasteiger partial charge is 0.312 e. The zero-order valence-electron chi connectivity index (χ0n) is 16.1. The van der Waals surface area contributed by atoms with E-state index in [0.717, 1.165) is 26.2 Å². The van der Waals surface area contributed by atoms with E-state index in [1.807, 2.05) is 0 Å². The first-order valence-corrected chi connectivity index (χ1v) is 9.70. The van der Waals surface area contributed by atoms with Crippen molar-refractivity contribution in [3.63, 3.8) is 0 Å². The number of nitrogens with one attached hydrogen (secondary N) is 1. The van der Waals surface area contributed by atoms with E-state index in [4.69, 9.17) is 4.74 Å². The van der Waals surface area contributed by atoms with E-state index in [-0.39, 0.29) is 11.4 Å². The normalized spacial score (nSPS) is 10.9. The number of ether oxygens (including phenoxy) is 1. The Morgan fingerprint density at radius 1 is 1.10 bits per heavy atom. The minimum absolute atomic E-state index is 0.108. The number of nitro benzene ring substituents is 1. The van der Waals surface area contributed by atoms with Crippen LogP contribution in [0.15, 0.2) is 48.8 Å². The Balaban J connectivity index is 1.84. The largest absolute Gasteiger partial charge is 0.490 e. The fourth-order valence-corrected chi connectivity index (χ4v) is 4.27. The van der Waals surface area contributed by atoms with Crippen LogP contribution in [0.1, 0.15) is 10.4 Å². The average Bonchev–Trinajstić information content (AvgIpc) is 3.05. The maximum Gasteiger partial charge on any atom is 0.312 e. The van der Waals surface area contributed by atoms with Crippen molar-refractivity contribution in [3.8, 4) is 16.9 Å². The summed E-state index contributed by atoms with van der Waals surface area (Å²) < 4.78 is 5.08. The third-order valence-corrected chi connectivity index (χ3v) is 5.66. The van der Waals surface area contributed by atoms with Crippen LogP contribution in [-0.4, -0.2) is 22.0 Å². The van der Waals surface area contributed by atoms with Crippen LogP contribution >= 0.6 is 11.3 Å². The molecule has 2 aromatic carbocycles. The molecule has 0 spiro atoms. The molecular formula is C21H18N4O3S. The number of fused-ring (bicyclic) bond motifs is 1. The summed E-state index contributed by atoms with van der Waals surface area (Å²) in [5, 5.41) is 15.5. The van der Waals surface area contributed by atoms with Crippen molar-refractivity contribution in [3.05, 3.63) is 69.3 Å². The van der Waals surface area contributed by atoms with Crippen LogP contribution in [0.2, 0.25) is 0 Å². The molecule has 0 bridgehead atoms. The molecule has 4 aromatic rings. The standard InChI is InChI=1S/C21H18N4O3S/c1-12-4-6-14(7-5-12)18-13(2)29-21-19(18)20(22-11-23-21)24-15-8-9-17(28-3)16(10-15)25(26)27/h4-11H,1-3H3,(H,22,23,24). The van der Waals surface area contributed by atoms with Gasteiger partial charge in [-0.15, -0.1) is 11.3 Å². The lowest BCUT2D eigenvalue weighted by Gasteiger charge is -2.10. The molecule has 0 saturated heterocycles. The first-order chi connectivity index (χ1) is 14.0. The van der Waals surface area contributed by atoms with Gasteiger partial charge in [-0.3, -0.25) is 10.1 Å². The summed E-state index contributed by atoms with van der Waals surface area (Å²) in [6.45, 7) is 4.11. The minimum Gasteiger partial charge on any atom is -0.490 e. The van der Waals surface area contributed by atoms with E-state index in [1.165, 1.54) is 25.1 Å². The Morgan fingerprint density at radius 3 is 2.55 bits per heavy atom. The summed E-state index contributed by atoms with van der Waals surface area (Å²) in [5.74, 6) is 0.814. The van der Waals surface area contributed by atoms with Crippen LogP contribution in [0, 0.1) is 24.0 Å². The molecule has 0 aliphatic heterocycles. The van der Waals surface area contributed by atoms with E-state index in [0.29, 0.717) is 11.5 Å². The van der Waals surface area contributed by atoms with Crippen molar-refractivity contribution in [1.82, 2.24) is 9.97 Å². The van der Waals surface area contributed by atoms with E-state index in [2.05, 4.69) is 53.4 Å². The van der Waals surface area contributed by atoms with Crippen molar-refractivity contribution in [1.29, 1.82) is 0 Å². The number of nitrogens with zero attached hydrogens (tertiary/aromatic N) is 3. The highest BCUT2D eigenvalue weighted by Crippen LogP contribution is 2.41. The van der Waals surface area contributed by atoms with Gasteiger partial charge in [0.15, 0.2) is 5.75 Å². The number of thiophene rings is 1. The lowest BCUT2D eigenvalue weighted by atomic mass is 10.0. The predicted octanol–water partition coefficient (Wildman–Crippen LogP) is 5.64. The molecule has 0 radical (unpaired) electrons. The Hall–Kier alpha value is -3.52. The molecule has 4 rings (SSSR count). The van der Waals surface area contributed by atoms with Gasteiger partial charge in [0.2, 0.25) is 0 Å². The second-order valence-electron chi connectivity index (χ2n) is 6.57. The summed E-state index contributed by atoms with van der Waals surface area (Å²) in [5.41, 5.74) is 3.78. The van der Waals surface area contributed by atoms with Crippen LogP contribution in [-0.2, 0) is 0 Å². The lowest BCUT2D eigenvalue weighted by Crippen LogP contribution is -1.98. The molecule has 0 aliphatic carbocycles. The van der Waals surface area contributed by atoms with Gasteiger partial charge in [-0.05, 0) is 31.5 Å². The highest BCUT2D eigenvalue weighted by atomic mass is 32.1. The van der Waals surface area contributed by atoms with Gasteiger partial charge in [-0.2, -0.15) is 0 Å². The summed E-state index contributed by atoms with van der Waals surface area (Å²) in [6, 6.07) is 13.0. The SMILES string of the molecule is COc1ccc(Nc2ncnc3sc(C)c(-c4ccc(C)cc4)c23)cc1[N+](=O)[O-]. The molecule has 0 atom stereocenters. The number of rotatable bonds is 5. The molecule has 8 heteroatoms. The highest BCUT2D eigenvalue weighted by Gasteiger charge is 2.19. The number of methoxy groups -OCH3 is 1. The molecule has 7 nitrogen and oxygen atoms in total. The summed E-state index contributed by atoms with van der Waals surface area (Å²) in [4.78, 5) is 21.7. The number of aromatic nitrogens is 2. The van der Waals surface area contributed by atoms with E-state index < -0.39 is 4.92 Å². The molecule has 29 heavy (non-hydrogen) atoms. The lowest BCUT2D eigenvalue weighted by molar-refractivity contribution is -0.385. The quantitative estimate of drug-likeness (QED) is 0.341. The molecule has 2 heterocycles. The zero-order valence-corrected chi connectivity index (χ0v) is 16.9. The average molecular weight is 406 g/mol. The van der Waals surface area contributed by atoms with Gasteiger partial charge >= 0.3 is 5.69 Å². The monoisotopic (exact) mass is 406 g/mol. The zero-order chi connectivity index (χ0) is 20.5. The van der Waals surface area contributed by atoms with Crippen LogP contribution < -0.4 is 10.1 Å². The molecule has 0 saturated carbocycles. The van der Waals surface area contributed by atoms with Gasteiger partial charge < -0.3 is 10.1 Å². The number of benzene rings is 2. The van der Waals surface area contributed by atoms with E-state index >= 15 is 0 Å². The molecule has 0 unspecified atom stereocenters. The first kappa shape index (κ1) is 18.8. The Bertz CT molecular complexity index is 1220. The Labute approximate surface area is 171 Å². The van der Waals surface area contributed by atoms with Crippen molar-refractivity contribution in [2.75, 3.05) is 12.4 Å². The number of hydrogen-bond acceptors (Lipinski definition) is 7. The molecule has 1 N–H and O–H groups in total. The molecule has 0 aliphatic rings. The van der Waals surface area contributed by atoms with E-state index in [9.17, 15) is 10.1 Å². The summed E-state index contributed by atoms with van der Waals surface area (Å²) >= 11 is 1.60. The van der Waals surface area contributed by atoms with Crippen LogP contribution in [0.4, 0.5) is 17.2 Å². The Kier molecular flexibility index (Phi) is 4.85. The third kappa shape index (κ3) is 3.50. The Morgan fingerprint density at radius 2 is 1.86 bits per heavy atom. The van der Waals surface area contributed by atoms with Crippen LogP contribution in [0.5, 0.6) is 5.75 Å². The molecule has 146 valence electrons. The van der Waals surface area contributed by atoms with Crippen LogP contribution in [0.3, 0.4) is 0 Å². The van der Waals surface area contributed by atoms with Crippen molar-refractivity contribution < 1.29 is 9.66 Å². The second kappa shape index (κ2) is 7.48. The number of anilines is 2. The fraction of sp³-hybridized carbons (Fsp3) is 0.143. The van der Waals surface area contributed by atoms with Gasteiger partial charge in [0, 0.05) is 22.2 Å². The summed E-state index contributed by atoms with van der Waals surface area (Å²) in [7, 11) is 1.41. The van der Waals surface area contributed by atoms with Gasteiger partial charge in [-0.1, -0.05) is 29.8 Å². The first-order valence-electron chi connectivity index (χ1n) is 8.88. The minimum atomic E-state index is -0.466. The predicted molar refractivity (Wildman–Crippen MR) is 115 cm³/mol. The van der Waals surface area contributed by atoms with Crippen molar-refractivity contribution >= 4 is 38.7 Å². The molecular weight excluding hydrogens is 388 g/mol. The molecule has 0 amide bonds. The molecule has 0 fully saturated rings. The van der Waals surface area contributed by atoms with Crippen molar-refractivity contribution in [2.45, 2.75) is 13.8 Å². The van der Waals surface area contributed by atoms with Gasteiger partial charge in [0.1, 0.15) is 17.0 Å². The van der Waals surface area contributed by atoms with E-state index in [1.54, 1.807) is 23.5 Å². The third-order valence-electron chi connectivity index (χ3n) is 4.64. The highest BCUT2D eigenvalue weighted by molar-refractivity contribution is 7.19. The van der Waals surface area contributed by atoms with Gasteiger partial charge in [0.25, 0.3) is 0 Å². The second-order valence-corrected chi connectivity index (χ2v) is 7.77. The number of hydrogen-bond donors (Lipinski definition) is 1.